The van der Waals surface area contributed by atoms with Crippen molar-refractivity contribution in [2.24, 2.45) is 0 Å². The van der Waals surface area contributed by atoms with Gasteiger partial charge in [0.1, 0.15) is 0 Å². The maximum atomic E-state index is 5.97. The summed E-state index contributed by atoms with van der Waals surface area (Å²) in [5.74, 6) is 2.00. The Morgan fingerprint density at radius 2 is 1.55 bits per heavy atom. The molecule has 0 N–H and O–H groups in total. The molecule has 3 heteroatoms. The predicted octanol–water partition coefficient (Wildman–Crippen LogP) is 5.06. The van der Waals surface area contributed by atoms with E-state index in [0.717, 1.165) is 0 Å². The van der Waals surface area contributed by atoms with Crippen LogP contribution in [0.2, 0.25) is 0 Å². The molecular weight excluding hydrogens is 271 g/mol. The van der Waals surface area contributed by atoms with Gasteiger partial charge in [0.25, 0.3) is 0 Å². The van der Waals surface area contributed by atoms with E-state index in [-0.39, 0.29) is 18.3 Å². The maximum absolute atomic E-state index is 5.97. The highest BCUT2D eigenvalue weighted by Gasteiger charge is 2.49. The van der Waals surface area contributed by atoms with E-state index in [1.807, 2.05) is 5.98 Å². The van der Waals surface area contributed by atoms with Crippen LogP contribution < -0.4 is 0 Å². The second-order valence-electron chi connectivity index (χ2n) is 7.18. The van der Waals surface area contributed by atoms with E-state index in [1.54, 1.807) is 0 Å². The molecule has 2 rings (SSSR count). The summed E-state index contributed by atoms with van der Waals surface area (Å²) >= 11 is 0. The lowest BCUT2D eigenvalue weighted by atomic mass is 9.89. The molecule has 0 atom stereocenters. The van der Waals surface area contributed by atoms with Gasteiger partial charge in [-0.1, -0.05) is 56.1 Å². The lowest BCUT2D eigenvalue weighted by Crippen LogP contribution is -2.41. The Labute approximate surface area is 136 Å². The highest BCUT2D eigenvalue weighted by Crippen LogP contribution is 2.37. The molecule has 0 amide bonds. The van der Waals surface area contributed by atoms with E-state index in [4.69, 9.17) is 9.31 Å². The Bertz CT molecular complexity index is 487. The van der Waals surface area contributed by atoms with Gasteiger partial charge < -0.3 is 9.31 Å². The lowest BCUT2D eigenvalue weighted by molar-refractivity contribution is 0.00578. The second-order valence-corrected chi connectivity index (χ2v) is 7.18. The van der Waals surface area contributed by atoms with Crippen LogP contribution in [0.1, 0.15) is 65.0 Å². The summed E-state index contributed by atoms with van der Waals surface area (Å²) < 4.78 is 11.9. The summed E-state index contributed by atoms with van der Waals surface area (Å²) in [4.78, 5) is 0. The highest BCUT2D eigenvalue weighted by atomic mass is 16.7. The van der Waals surface area contributed by atoms with Crippen molar-refractivity contribution in [3.63, 3.8) is 0 Å². The number of hydrogen-bond donors (Lipinski definition) is 0. The number of aryl methyl sites for hydroxylation is 1. The minimum Gasteiger partial charge on any atom is -0.400 e. The molecule has 1 heterocycles. The zero-order valence-corrected chi connectivity index (χ0v) is 14.7. The average molecular weight is 300 g/mol. The molecule has 0 spiro atoms. The first-order chi connectivity index (χ1) is 10.3. The Hall–Kier alpha value is -1.06. The van der Waals surface area contributed by atoms with Gasteiger partial charge in [-0.15, -0.1) is 0 Å². The van der Waals surface area contributed by atoms with Crippen LogP contribution in [-0.4, -0.2) is 18.3 Å². The summed E-state index contributed by atoms with van der Waals surface area (Å²) in [7, 11) is -0.269. The van der Waals surface area contributed by atoms with E-state index >= 15 is 0 Å². The third-order valence-electron chi connectivity index (χ3n) is 4.77. The topological polar surface area (TPSA) is 18.5 Å². The maximum Gasteiger partial charge on any atom is 0.487 e. The summed E-state index contributed by atoms with van der Waals surface area (Å²) in [5.41, 5.74) is 2.06. The molecule has 0 aromatic heterocycles. The number of hydrogen-bond acceptors (Lipinski definition) is 2. The van der Waals surface area contributed by atoms with Crippen molar-refractivity contribution in [1.82, 2.24) is 0 Å². The van der Waals surface area contributed by atoms with Crippen LogP contribution in [-0.2, 0) is 15.7 Å². The molecule has 1 aromatic carbocycles. The molecular formula is C19H29BO2. The van der Waals surface area contributed by atoms with Crippen LogP contribution in [0, 0.1) is 0 Å². The summed E-state index contributed by atoms with van der Waals surface area (Å²) in [6, 6.07) is 8.78. The van der Waals surface area contributed by atoms with Crippen LogP contribution in [0.4, 0.5) is 0 Å². The van der Waals surface area contributed by atoms with Gasteiger partial charge in [0, 0.05) is 0 Å². The Morgan fingerprint density at radius 3 is 2.09 bits per heavy atom. The van der Waals surface area contributed by atoms with Crippen LogP contribution >= 0.6 is 0 Å². The minimum atomic E-state index is -0.273. The van der Waals surface area contributed by atoms with Crippen LogP contribution in [0.15, 0.2) is 30.2 Å². The first-order valence-corrected chi connectivity index (χ1v) is 8.47. The van der Waals surface area contributed by atoms with Crippen molar-refractivity contribution < 1.29 is 9.31 Å². The molecule has 0 radical (unpaired) electrons. The fourth-order valence-corrected chi connectivity index (χ4v) is 2.53. The fraction of sp³-hybridized carbons (Fsp3) is 0.579. The number of benzene rings is 1. The molecule has 1 aliphatic rings. The van der Waals surface area contributed by atoms with Gasteiger partial charge in [0.15, 0.2) is 0 Å². The molecule has 0 aliphatic carbocycles. The van der Waals surface area contributed by atoms with Gasteiger partial charge in [-0.3, -0.25) is 0 Å². The molecule has 1 saturated heterocycles. The van der Waals surface area contributed by atoms with E-state index in [2.05, 4.69) is 65.0 Å². The second kappa shape index (κ2) is 7.01. The van der Waals surface area contributed by atoms with Gasteiger partial charge in [0.05, 0.1) is 11.2 Å². The van der Waals surface area contributed by atoms with Crippen molar-refractivity contribution >= 4 is 13.2 Å². The number of rotatable bonds is 6. The molecule has 22 heavy (non-hydrogen) atoms. The monoisotopic (exact) mass is 300 g/mol. The quantitative estimate of drug-likeness (QED) is 0.540. The lowest BCUT2D eigenvalue weighted by Gasteiger charge is -2.32. The van der Waals surface area contributed by atoms with Crippen LogP contribution in [0.25, 0.3) is 6.08 Å². The van der Waals surface area contributed by atoms with Crippen molar-refractivity contribution in [2.75, 3.05) is 0 Å². The minimum absolute atomic E-state index is 0.269. The molecule has 0 saturated carbocycles. The van der Waals surface area contributed by atoms with Gasteiger partial charge in [-0.05, 0) is 51.7 Å². The number of unbranched alkanes of at least 4 members (excludes halogenated alkanes) is 2. The van der Waals surface area contributed by atoms with Crippen molar-refractivity contribution in [3.8, 4) is 0 Å². The molecule has 120 valence electrons. The van der Waals surface area contributed by atoms with E-state index in [9.17, 15) is 0 Å². The first-order valence-electron chi connectivity index (χ1n) is 8.47. The zero-order valence-electron chi connectivity index (χ0n) is 14.7. The summed E-state index contributed by atoms with van der Waals surface area (Å²) in [5, 5.41) is 0. The normalized spacial score (nSPS) is 20.0. The van der Waals surface area contributed by atoms with Gasteiger partial charge in [-0.25, -0.2) is 0 Å². The third-order valence-corrected chi connectivity index (χ3v) is 4.77. The molecule has 1 aromatic rings. The molecule has 0 bridgehead atoms. The van der Waals surface area contributed by atoms with Gasteiger partial charge >= 0.3 is 7.12 Å². The Balaban J connectivity index is 1.91. The van der Waals surface area contributed by atoms with Crippen molar-refractivity contribution in [1.29, 1.82) is 0 Å². The van der Waals surface area contributed by atoms with Gasteiger partial charge in [0.2, 0.25) is 0 Å². The van der Waals surface area contributed by atoms with Crippen LogP contribution in [0.5, 0.6) is 0 Å². The van der Waals surface area contributed by atoms with E-state index in [0.29, 0.717) is 0 Å². The molecule has 0 unspecified atom stereocenters. The fourth-order valence-electron chi connectivity index (χ4n) is 2.53. The molecule has 1 aliphatic heterocycles. The Morgan fingerprint density at radius 1 is 0.955 bits per heavy atom. The van der Waals surface area contributed by atoms with E-state index < -0.39 is 0 Å². The summed E-state index contributed by atoms with van der Waals surface area (Å²) in [6.45, 7) is 10.5. The largest absolute Gasteiger partial charge is 0.487 e. The van der Waals surface area contributed by atoms with E-state index in [1.165, 1.54) is 36.8 Å². The highest BCUT2D eigenvalue weighted by molar-refractivity contribution is 6.52. The third kappa shape index (κ3) is 4.24. The smallest absolute Gasteiger partial charge is 0.400 e. The molecule has 2 nitrogen and oxygen atoms in total. The Kier molecular flexibility index (Phi) is 5.52. The van der Waals surface area contributed by atoms with Gasteiger partial charge in [-0.2, -0.15) is 0 Å². The zero-order chi connectivity index (χ0) is 16.2. The average Bonchev–Trinajstić information content (AvgIpc) is 2.66. The standard InChI is InChI=1S/C19H29BO2/c1-6-7-8-9-16-10-12-17(13-11-16)14-15-20-21-18(2,3)19(4,5)22-20/h10-15H,6-9H2,1-5H3/b15-14+. The van der Waals surface area contributed by atoms with Crippen LogP contribution in [0.3, 0.4) is 0 Å². The SMILES string of the molecule is CCCCCc1ccc(/C=C/B2OC(C)(C)C(C)(C)O2)cc1. The van der Waals surface area contributed by atoms with Crippen molar-refractivity contribution in [2.45, 2.75) is 71.5 Å². The predicted molar refractivity (Wildman–Crippen MR) is 94.8 cm³/mol. The summed E-state index contributed by atoms with van der Waals surface area (Å²) in [6.07, 6.45) is 7.12. The molecule has 1 fully saturated rings. The first kappa shape index (κ1) is 17.3. The van der Waals surface area contributed by atoms with Crippen molar-refractivity contribution in [3.05, 3.63) is 41.4 Å².